The first-order chi connectivity index (χ1) is 9.22. The molecule has 0 spiro atoms. The van der Waals surface area contributed by atoms with Crippen molar-refractivity contribution in [3.63, 3.8) is 0 Å². The Morgan fingerprint density at radius 2 is 2.05 bits per heavy atom. The van der Waals surface area contributed by atoms with Gasteiger partial charge in [0.2, 0.25) is 5.89 Å². The Balaban J connectivity index is 1.80. The molecule has 1 heterocycles. The van der Waals surface area contributed by atoms with Gasteiger partial charge in [0.1, 0.15) is 17.1 Å². The molecule has 0 unspecified atom stereocenters. The number of fused-ring (bicyclic) bond motifs is 1. The van der Waals surface area contributed by atoms with E-state index in [-0.39, 0.29) is 12.4 Å². The van der Waals surface area contributed by atoms with Gasteiger partial charge in [-0.2, -0.15) is 0 Å². The fraction of sp³-hybridized carbons (Fsp3) is 0.0714. The molecule has 0 radical (unpaired) electrons. The Labute approximate surface area is 108 Å². The number of ether oxygens (including phenoxy) is 1. The van der Waals surface area contributed by atoms with E-state index in [1.54, 1.807) is 12.1 Å². The monoisotopic (exact) mass is 258 g/mol. The number of rotatable bonds is 3. The number of nitrogens with two attached hydrogens (primary N) is 1. The summed E-state index contributed by atoms with van der Waals surface area (Å²) in [6, 6.07) is 11.3. The maximum Gasteiger partial charge on any atom is 0.233 e. The van der Waals surface area contributed by atoms with Gasteiger partial charge in [-0.3, -0.25) is 0 Å². The summed E-state index contributed by atoms with van der Waals surface area (Å²) in [7, 11) is 0. The third-order valence-corrected chi connectivity index (χ3v) is 2.66. The van der Waals surface area contributed by atoms with Crippen LogP contribution >= 0.6 is 0 Å². The predicted molar refractivity (Wildman–Crippen MR) is 69.2 cm³/mol. The molecule has 1 aromatic heterocycles. The van der Waals surface area contributed by atoms with E-state index in [4.69, 9.17) is 14.9 Å². The zero-order valence-electron chi connectivity index (χ0n) is 9.97. The molecule has 2 N–H and O–H groups in total. The minimum absolute atomic E-state index is 0.143. The molecule has 0 fully saturated rings. The van der Waals surface area contributed by atoms with Gasteiger partial charge in [-0.15, -0.1) is 0 Å². The minimum Gasteiger partial charge on any atom is -0.482 e. The van der Waals surface area contributed by atoms with E-state index in [1.165, 1.54) is 18.2 Å². The Morgan fingerprint density at radius 3 is 2.89 bits per heavy atom. The highest BCUT2D eigenvalue weighted by atomic mass is 19.1. The highest BCUT2D eigenvalue weighted by Gasteiger charge is 2.08. The van der Waals surface area contributed by atoms with Gasteiger partial charge < -0.3 is 14.9 Å². The van der Waals surface area contributed by atoms with Crippen LogP contribution in [0.2, 0.25) is 0 Å². The van der Waals surface area contributed by atoms with E-state index in [0.717, 1.165) is 0 Å². The van der Waals surface area contributed by atoms with Crippen molar-refractivity contribution in [3.05, 3.63) is 54.2 Å². The maximum absolute atomic E-state index is 13.0. The summed E-state index contributed by atoms with van der Waals surface area (Å²) < 4.78 is 24.0. The number of hydrogen-bond donors (Lipinski definition) is 1. The van der Waals surface area contributed by atoms with E-state index in [0.29, 0.717) is 28.4 Å². The van der Waals surface area contributed by atoms with Crippen LogP contribution in [0.15, 0.2) is 46.9 Å². The average molecular weight is 258 g/mol. The molecular formula is C14H11FN2O2. The Morgan fingerprint density at radius 1 is 1.21 bits per heavy atom. The molecular weight excluding hydrogens is 247 g/mol. The molecule has 4 nitrogen and oxygen atoms in total. The van der Waals surface area contributed by atoms with Gasteiger partial charge in [0.05, 0.1) is 5.69 Å². The lowest BCUT2D eigenvalue weighted by Gasteiger charge is -2.05. The smallest absolute Gasteiger partial charge is 0.233 e. The molecule has 19 heavy (non-hydrogen) atoms. The molecule has 5 heteroatoms. The number of hydrogen-bond acceptors (Lipinski definition) is 4. The van der Waals surface area contributed by atoms with Crippen molar-refractivity contribution in [2.75, 3.05) is 5.73 Å². The fourth-order valence-corrected chi connectivity index (χ4v) is 1.76. The van der Waals surface area contributed by atoms with Gasteiger partial charge in [0.15, 0.2) is 12.2 Å². The van der Waals surface area contributed by atoms with Crippen LogP contribution in [0.25, 0.3) is 11.1 Å². The molecule has 0 bridgehead atoms. The van der Waals surface area contributed by atoms with Crippen LogP contribution in [0.1, 0.15) is 5.89 Å². The SMILES string of the molecule is Nc1ccccc1OCc1nc2cc(F)ccc2o1. The number of aromatic nitrogens is 1. The third kappa shape index (κ3) is 2.35. The van der Waals surface area contributed by atoms with Crippen LogP contribution in [0.5, 0.6) is 5.75 Å². The molecule has 0 atom stereocenters. The first-order valence-corrected chi connectivity index (χ1v) is 5.74. The fourth-order valence-electron chi connectivity index (χ4n) is 1.76. The molecule has 96 valence electrons. The molecule has 0 aliphatic heterocycles. The summed E-state index contributed by atoms with van der Waals surface area (Å²) in [5.74, 6) is 0.598. The minimum atomic E-state index is -0.347. The number of halogens is 1. The molecule has 2 aromatic carbocycles. The standard InChI is InChI=1S/C14H11FN2O2/c15-9-5-6-13-11(7-9)17-14(19-13)8-18-12-4-2-1-3-10(12)16/h1-7H,8,16H2. The summed E-state index contributed by atoms with van der Waals surface area (Å²) in [6.45, 7) is 0.143. The van der Waals surface area contributed by atoms with Crippen molar-refractivity contribution in [2.24, 2.45) is 0 Å². The van der Waals surface area contributed by atoms with Crippen molar-refractivity contribution in [1.82, 2.24) is 4.98 Å². The van der Waals surface area contributed by atoms with E-state index >= 15 is 0 Å². The second-order valence-electron chi connectivity index (χ2n) is 4.05. The Hall–Kier alpha value is -2.56. The van der Waals surface area contributed by atoms with Crippen molar-refractivity contribution >= 4 is 16.8 Å². The quantitative estimate of drug-likeness (QED) is 0.733. The third-order valence-electron chi connectivity index (χ3n) is 2.66. The van der Waals surface area contributed by atoms with Gasteiger partial charge in [-0.25, -0.2) is 9.37 Å². The van der Waals surface area contributed by atoms with Crippen LogP contribution in [-0.4, -0.2) is 4.98 Å². The van der Waals surface area contributed by atoms with Crippen LogP contribution in [0.4, 0.5) is 10.1 Å². The van der Waals surface area contributed by atoms with E-state index in [9.17, 15) is 4.39 Å². The number of nitrogens with zero attached hydrogens (tertiary/aromatic N) is 1. The van der Waals surface area contributed by atoms with E-state index < -0.39 is 0 Å². The number of anilines is 1. The lowest BCUT2D eigenvalue weighted by molar-refractivity contribution is 0.268. The van der Waals surface area contributed by atoms with Crippen LogP contribution in [0.3, 0.4) is 0 Å². The second-order valence-corrected chi connectivity index (χ2v) is 4.05. The van der Waals surface area contributed by atoms with Crippen molar-refractivity contribution in [3.8, 4) is 5.75 Å². The van der Waals surface area contributed by atoms with Gasteiger partial charge in [0.25, 0.3) is 0 Å². The molecule has 3 aromatic rings. The van der Waals surface area contributed by atoms with E-state index in [1.807, 2.05) is 12.1 Å². The normalized spacial score (nSPS) is 10.8. The predicted octanol–water partition coefficient (Wildman–Crippen LogP) is 3.13. The summed E-state index contributed by atoms with van der Waals surface area (Å²) in [5.41, 5.74) is 7.30. The molecule has 0 aliphatic rings. The van der Waals surface area contributed by atoms with Gasteiger partial charge in [-0.05, 0) is 24.3 Å². The first kappa shape index (κ1) is 11.5. The zero-order chi connectivity index (χ0) is 13.2. The number of benzene rings is 2. The Kier molecular flexibility index (Phi) is 2.79. The van der Waals surface area contributed by atoms with Gasteiger partial charge in [0, 0.05) is 6.07 Å². The molecule has 0 amide bonds. The summed E-state index contributed by atoms with van der Waals surface area (Å²) in [4.78, 5) is 4.15. The number of para-hydroxylation sites is 2. The molecule has 0 aliphatic carbocycles. The molecule has 3 rings (SSSR count). The lowest BCUT2D eigenvalue weighted by atomic mass is 10.3. The maximum atomic E-state index is 13.0. The Bertz CT molecular complexity index is 724. The lowest BCUT2D eigenvalue weighted by Crippen LogP contribution is -1.98. The van der Waals surface area contributed by atoms with Crippen molar-refractivity contribution in [1.29, 1.82) is 0 Å². The van der Waals surface area contributed by atoms with Gasteiger partial charge in [-0.1, -0.05) is 12.1 Å². The second kappa shape index (κ2) is 4.61. The summed E-state index contributed by atoms with van der Waals surface area (Å²) in [6.07, 6.45) is 0. The zero-order valence-corrected chi connectivity index (χ0v) is 9.97. The van der Waals surface area contributed by atoms with E-state index in [2.05, 4.69) is 4.98 Å². The van der Waals surface area contributed by atoms with Gasteiger partial charge >= 0.3 is 0 Å². The van der Waals surface area contributed by atoms with Crippen molar-refractivity contribution in [2.45, 2.75) is 6.61 Å². The topological polar surface area (TPSA) is 61.3 Å². The molecule has 0 saturated carbocycles. The largest absolute Gasteiger partial charge is 0.482 e. The summed E-state index contributed by atoms with van der Waals surface area (Å²) in [5, 5.41) is 0. The average Bonchev–Trinajstić information content (AvgIpc) is 2.79. The van der Waals surface area contributed by atoms with Crippen LogP contribution < -0.4 is 10.5 Å². The molecule has 0 saturated heterocycles. The summed E-state index contributed by atoms with van der Waals surface area (Å²) >= 11 is 0. The van der Waals surface area contributed by atoms with Crippen LogP contribution in [-0.2, 0) is 6.61 Å². The number of nitrogen functional groups attached to an aromatic ring is 1. The van der Waals surface area contributed by atoms with Crippen molar-refractivity contribution < 1.29 is 13.5 Å². The highest BCUT2D eigenvalue weighted by molar-refractivity contribution is 5.72. The van der Waals surface area contributed by atoms with Crippen LogP contribution in [0, 0.1) is 5.82 Å². The first-order valence-electron chi connectivity index (χ1n) is 5.74. The highest BCUT2D eigenvalue weighted by Crippen LogP contribution is 2.22. The number of oxazole rings is 1.